The Morgan fingerprint density at radius 3 is 2.10 bits per heavy atom. The first-order valence-electron chi connectivity index (χ1n) is 6.37. The summed E-state index contributed by atoms with van der Waals surface area (Å²) in [5.41, 5.74) is 2.01. The Labute approximate surface area is 117 Å². The van der Waals surface area contributed by atoms with E-state index in [9.17, 15) is 9.90 Å². The van der Waals surface area contributed by atoms with Crippen molar-refractivity contribution in [3.63, 3.8) is 0 Å². The van der Waals surface area contributed by atoms with Gasteiger partial charge in [0.15, 0.2) is 6.61 Å². The predicted octanol–water partition coefficient (Wildman–Crippen LogP) is 3.00. The Balaban J connectivity index is 1.99. The third-order valence-electron chi connectivity index (χ3n) is 2.72. The van der Waals surface area contributed by atoms with Crippen LogP contribution in [0.15, 0.2) is 48.5 Å². The van der Waals surface area contributed by atoms with Crippen LogP contribution in [0, 0.1) is 0 Å². The van der Waals surface area contributed by atoms with E-state index in [-0.39, 0.29) is 18.3 Å². The Morgan fingerprint density at radius 2 is 1.55 bits per heavy atom. The lowest BCUT2D eigenvalue weighted by molar-refractivity contribution is -0.145. The third-order valence-corrected chi connectivity index (χ3v) is 2.72. The molecule has 4 heteroatoms. The zero-order valence-corrected chi connectivity index (χ0v) is 11.2. The third kappa shape index (κ3) is 3.75. The van der Waals surface area contributed by atoms with E-state index in [1.807, 2.05) is 24.3 Å². The number of benzene rings is 2. The number of rotatable bonds is 5. The number of carbonyl (C=O) groups is 1. The zero-order valence-electron chi connectivity index (χ0n) is 11.2. The molecule has 104 valence electrons. The fourth-order valence-corrected chi connectivity index (χ4v) is 1.74. The predicted molar refractivity (Wildman–Crippen MR) is 75.7 cm³/mol. The number of aromatic hydroxyl groups is 1. The maximum Gasteiger partial charge on any atom is 0.344 e. The molecule has 0 aromatic heterocycles. The molecule has 0 aliphatic carbocycles. The summed E-state index contributed by atoms with van der Waals surface area (Å²) in [7, 11) is 0. The van der Waals surface area contributed by atoms with Crippen LogP contribution in [0.1, 0.15) is 6.92 Å². The van der Waals surface area contributed by atoms with Gasteiger partial charge in [0.2, 0.25) is 0 Å². The summed E-state index contributed by atoms with van der Waals surface area (Å²) in [5, 5.41) is 9.25. The van der Waals surface area contributed by atoms with Gasteiger partial charge in [0.05, 0.1) is 6.61 Å². The molecule has 0 bridgehead atoms. The first kappa shape index (κ1) is 13.9. The van der Waals surface area contributed by atoms with Crippen molar-refractivity contribution in [1.82, 2.24) is 0 Å². The highest BCUT2D eigenvalue weighted by Crippen LogP contribution is 2.24. The second-order valence-corrected chi connectivity index (χ2v) is 4.16. The van der Waals surface area contributed by atoms with Crippen molar-refractivity contribution in [3.8, 4) is 22.6 Å². The minimum Gasteiger partial charge on any atom is -0.508 e. The van der Waals surface area contributed by atoms with Crippen LogP contribution in [0.5, 0.6) is 11.5 Å². The first-order valence-corrected chi connectivity index (χ1v) is 6.37. The van der Waals surface area contributed by atoms with Gasteiger partial charge in [0, 0.05) is 0 Å². The average molecular weight is 272 g/mol. The lowest BCUT2D eigenvalue weighted by Gasteiger charge is -2.07. The van der Waals surface area contributed by atoms with Gasteiger partial charge in [-0.25, -0.2) is 4.79 Å². The summed E-state index contributed by atoms with van der Waals surface area (Å²) in [5.74, 6) is 0.471. The highest BCUT2D eigenvalue weighted by Gasteiger charge is 2.03. The minimum atomic E-state index is -0.380. The Kier molecular flexibility index (Phi) is 4.60. The lowest BCUT2D eigenvalue weighted by atomic mass is 10.1. The van der Waals surface area contributed by atoms with Crippen LogP contribution in [-0.4, -0.2) is 24.3 Å². The van der Waals surface area contributed by atoms with E-state index in [4.69, 9.17) is 9.47 Å². The van der Waals surface area contributed by atoms with E-state index in [2.05, 4.69) is 0 Å². The monoisotopic (exact) mass is 272 g/mol. The molecule has 0 aliphatic heterocycles. The van der Waals surface area contributed by atoms with Gasteiger partial charge in [-0.2, -0.15) is 0 Å². The highest BCUT2D eigenvalue weighted by atomic mass is 16.6. The number of esters is 1. The van der Waals surface area contributed by atoms with Crippen LogP contribution >= 0.6 is 0 Å². The molecule has 0 aliphatic rings. The smallest absolute Gasteiger partial charge is 0.344 e. The molecule has 0 unspecified atom stereocenters. The van der Waals surface area contributed by atoms with E-state index in [0.717, 1.165) is 11.1 Å². The standard InChI is InChI=1S/C16H16O4/c1-2-19-16(18)11-20-15-9-5-13(6-10-15)12-3-7-14(17)8-4-12/h3-10,17H,2,11H2,1H3. The summed E-state index contributed by atoms with van der Waals surface area (Å²) in [6, 6.07) is 14.3. The topological polar surface area (TPSA) is 55.8 Å². The second kappa shape index (κ2) is 6.61. The van der Waals surface area contributed by atoms with Crippen molar-refractivity contribution in [2.75, 3.05) is 13.2 Å². The molecule has 0 saturated heterocycles. The molecule has 0 heterocycles. The van der Waals surface area contributed by atoms with Crippen LogP contribution in [0.25, 0.3) is 11.1 Å². The van der Waals surface area contributed by atoms with Crippen molar-refractivity contribution in [2.45, 2.75) is 6.92 Å². The molecule has 0 radical (unpaired) electrons. The molecule has 0 atom stereocenters. The van der Waals surface area contributed by atoms with Crippen molar-refractivity contribution in [3.05, 3.63) is 48.5 Å². The van der Waals surface area contributed by atoms with Gasteiger partial charge in [-0.1, -0.05) is 24.3 Å². The fraction of sp³-hybridized carbons (Fsp3) is 0.188. The molecule has 0 amide bonds. The molecule has 2 aromatic carbocycles. The summed E-state index contributed by atoms with van der Waals surface area (Å²) in [6.07, 6.45) is 0. The summed E-state index contributed by atoms with van der Waals surface area (Å²) in [6.45, 7) is 2.01. The largest absolute Gasteiger partial charge is 0.508 e. The Morgan fingerprint density at radius 1 is 1.00 bits per heavy atom. The van der Waals surface area contributed by atoms with Crippen LogP contribution in [-0.2, 0) is 9.53 Å². The number of phenolic OH excluding ortho intramolecular Hbond substituents is 1. The van der Waals surface area contributed by atoms with Crippen molar-refractivity contribution < 1.29 is 19.4 Å². The molecular formula is C16H16O4. The molecule has 20 heavy (non-hydrogen) atoms. The number of hydrogen-bond donors (Lipinski definition) is 1. The normalized spacial score (nSPS) is 10.1. The number of ether oxygens (including phenoxy) is 2. The van der Waals surface area contributed by atoms with Gasteiger partial charge >= 0.3 is 5.97 Å². The van der Waals surface area contributed by atoms with Crippen LogP contribution in [0.2, 0.25) is 0 Å². The van der Waals surface area contributed by atoms with E-state index < -0.39 is 0 Å². The highest BCUT2D eigenvalue weighted by molar-refractivity contribution is 5.71. The zero-order chi connectivity index (χ0) is 14.4. The molecule has 2 aromatic rings. The van der Waals surface area contributed by atoms with Gasteiger partial charge in [-0.15, -0.1) is 0 Å². The van der Waals surface area contributed by atoms with E-state index >= 15 is 0 Å². The van der Waals surface area contributed by atoms with Crippen molar-refractivity contribution in [2.24, 2.45) is 0 Å². The molecule has 0 saturated carbocycles. The molecular weight excluding hydrogens is 256 g/mol. The maximum atomic E-state index is 11.2. The van der Waals surface area contributed by atoms with Gasteiger partial charge in [0.1, 0.15) is 11.5 Å². The number of carbonyl (C=O) groups excluding carboxylic acids is 1. The number of phenols is 1. The van der Waals surface area contributed by atoms with Crippen molar-refractivity contribution in [1.29, 1.82) is 0 Å². The van der Waals surface area contributed by atoms with Crippen molar-refractivity contribution >= 4 is 5.97 Å². The Hall–Kier alpha value is -2.49. The van der Waals surface area contributed by atoms with Gasteiger partial charge in [-0.05, 0) is 42.3 Å². The number of hydrogen-bond acceptors (Lipinski definition) is 4. The first-order chi connectivity index (χ1) is 9.69. The summed E-state index contributed by atoms with van der Waals surface area (Å²) >= 11 is 0. The summed E-state index contributed by atoms with van der Waals surface area (Å²) < 4.78 is 10.1. The summed E-state index contributed by atoms with van der Waals surface area (Å²) in [4.78, 5) is 11.2. The van der Waals surface area contributed by atoms with Gasteiger partial charge < -0.3 is 14.6 Å². The fourth-order valence-electron chi connectivity index (χ4n) is 1.74. The van der Waals surface area contributed by atoms with E-state index in [1.165, 1.54) is 0 Å². The maximum absolute atomic E-state index is 11.2. The van der Waals surface area contributed by atoms with Crippen LogP contribution in [0.3, 0.4) is 0 Å². The minimum absolute atomic E-state index is 0.0909. The molecule has 4 nitrogen and oxygen atoms in total. The quantitative estimate of drug-likeness (QED) is 0.850. The molecule has 0 spiro atoms. The molecule has 1 N–H and O–H groups in total. The van der Waals surface area contributed by atoms with Crippen LogP contribution < -0.4 is 4.74 Å². The molecule has 2 rings (SSSR count). The second-order valence-electron chi connectivity index (χ2n) is 4.16. The average Bonchev–Trinajstić information content (AvgIpc) is 2.47. The Bertz CT molecular complexity index is 558. The van der Waals surface area contributed by atoms with Gasteiger partial charge in [-0.3, -0.25) is 0 Å². The molecule has 0 fully saturated rings. The van der Waals surface area contributed by atoms with E-state index in [1.54, 1.807) is 31.2 Å². The van der Waals surface area contributed by atoms with Crippen LogP contribution in [0.4, 0.5) is 0 Å². The lowest BCUT2D eigenvalue weighted by Crippen LogP contribution is -2.14. The van der Waals surface area contributed by atoms with E-state index in [0.29, 0.717) is 12.4 Å². The van der Waals surface area contributed by atoms with Gasteiger partial charge in [0.25, 0.3) is 0 Å². The SMILES string of the molecule is CCOC(=O)COc1ccc(-c2ccc(O)cc2)cc1.